The van der Waals surface area contributed by atoms with Crippen molar-refractivity contribution >= 4 is 0 Å². The molecule has 0 aliphatic heterocycles. The lowest BCUT2D eigenvalue weighted by Gasteiger charge is -2.23. The monoisotopic (exact) mass is 265 g/mol. The first kappa shape index (κ1) is 14.3. The topological polar surface area (TPSA) is 41.9 Å². The lowest BCUT2D eigenvalue weighted by molar-refractivity contribution is 0.139. The van der Waals surface area contributed by atoms with Crippen LogP contribution in [0.1, 0.15) is 24.0 Å². The van der Waals surface area contributed by atoms with Crippen molar-refractivity contribution in [3.63, 3.8) is 0 Å². The third-order valence-corrected chi connectivity index (χ3v) is 3.55. The number of nitrogens with zero attached hydrogens (tertiary/aromatic N) is 1. The van der Waals surface area contributed by atoms with Crippen LogP contribution in [0.4, 0.5) is 0 Å². The molecule has 0 unspecified atom stereocenters. The largest absolute Gasteiger partial charge is 0.496 e. The van der Waals surface area contributed by atoms with Crippen LogP contribution in [0.3, 0.4) is 0 Å². The highest BCUT2D eigenvalue weighted by Gasteiger charge is 2.29. The lowest BCUT2D eigenvalue weighted by atomic mass is 10.1. The number of methoxy groups -OCH3 is 2. The van der Waals surface area contributed by atoms with Crippen LogP contribution in [0.2, 0.25) is 0 Å². The van der Waals surface area contributed by atoms with Crippen molar-refractivity contribution in [3.8, 4) is 5.75 Å². The summed E-state index contributed by atoms with van der Waals surface area (Å²) in [5, 5.41) is 9.25. The van der Waals surface area contributed by atoms with Gasteiger partial charge in [0, 0.05) is 31.8 Å². The SMILES string of the molecule is COCCN(Cc1cc(CO)ccc1OC)C1CC1. The second-order valence-corrected chi connectivity index (χ2v) is 5.00. The Hall–Kier alpha value is -1.10. The van der Waals surface area contributed by atoms with Crippen LogP contribution >= 0.6 is 0 Å². The van der Waals surface area contributed by atoms with Gasteiger partial charge in [0.2, 0.25) is 0 Å². The van der Waals surface area contributed by atoms with Gasteiger partial charge < -0.3 is 14.6 Å². The molecule has 4 heteroatoms. The number of benzene rings is 1. The first-order valence-electron chi connectivity index (χ1n) is 6.78. The number of hydrogen-bond donors (Lipinski definition) is 1. The maximum absolute atomic E-state index is 9.25. The zero-order valence-corrected chi connectivity index (χ0v) is 11.8. The molecular formula is C15H23NO3. The average molecular weight is 265 g/mol. The number of hydrogen-bond acceptors (Lipinski definition) is 4. The number of ether oxygens (including phenoxy) is 2. The Labute approximate surface area is 114 Å². The summed E-state index contributed by atoms with van der Waals surface area (Å²) in [4.78, 5) is 2.43. The van der Waals surface area contributed by atoms with Gasteiger partial charge in [-0.1, -0.05) is 6.07 Å². The first-order chi connectivity index (χ1) is 9.28. The van der Waals surface area contributed by atoms with E-state index in [0.717, 1.165) is 36.6 Å². The summed E-state index contributed by atoms with van der Waals surface area (Å²) < 4.78 is 10.6. The van der Waals surface area contributed by atoms with Crippen LogP contribution < -0.4 is 4.74 Å². The summed E-state index contributed by atoms with van der Waals surface area (Å²) in [6.45, 7) is 2.61. The van der Waals surface area contributed by atoms with Gasteiger partial charge in [-0.15, -0.1) is 0 Å². The molecule has 19 heavy (non-hydrogen) atoms. The van der Waals surface area contributed by atoms with E-state index in [9.17, 15) is 5.11 Å². The molecule has 2 rings (SSSR count). The maximum Gasteiger partial charge on any atom is 0.123 e. The minimum Gasteiger partial charge on any atom is -0.496 e. The van der Waals surface area contributed by atoms with E-state index in [2.05, 4.69) is 4.90 Å². The first-order valence-corrected chi connectivity index (χ1v) is 6.78. The molecule has 0 spiro atoms. The van der Waals surface area contributed by atoms with Crippen molar-refractivity contribution in [2.75, 3.05) is 27.4 Å². The molecule has 1 aliphatic rings. The highest BCUT2D eigenvalue weighted by atomic mass is 16.5. The molecule has 0 radical (unpaired) electrons. The summed E-state index contributed by atoms with van der Waals surface area (Å²) in [7, 11) is 3.42. The van der Waals surface area contributed by atoms with E-state index in [-0.39, 0.29) is 6.61 Å². The maximum atomic E-state index is 9.25. The molecule has 1 aromatic rings. The molecule has 1 N–H and O–H groups in total. The molecule has 1 aliphatic carbocycles. The van der Waals surface area contributed by atoms with Gasteiger partial charge in [-0.3, -0.25) is 4.90 Å². The van der Waals surface area contributed by atoms with Gasteiger partial charge in [-0.25, -0.2) is 0 Å². The zero-order chi connectivity index (χ0) is 13.7. The smallest absolute Gasteiger partial charge is 0.123 e. The average Bonchev–Trinajstić information content (AvgIpc) is 3.27. The molecule has 1 fully saturated rings. The van der Waals surface area contributed by atoms with E-state index < -0.39 is 0 Å². The molecule has 1 aromatic carbocycles. The Morgan fingerprint density at radius 1 is 1.32 bits per heavy atom. The summed E-state index contributed by atoms with van der Waals surface area (Å²) >= 11 is 0. The van der Waals surface area contributed by atoms with Crippen molar-refractivity contribution in [1.82, 2.24) is 4.90 Å². The summed E-state index contributed by atoms with van der Waals surface area (Å²) in [5.74, 6) is 0.889. The van der Waals surface area contributed by atoms with Gasteiger partial charge in [0.1, 0.15) is 5.75 Å². The zero-order valence-electron chi connectivity index (χ0n) is 11.8. The van der Waals surface area contributed by atoms with Gasteiger partial charge in [0.25, 0.3) is 0 Å². The van der Waals surface area contributed by atoms with Gasteiger partial charge >= 0.3 is 0 Å². The van der Waals surface area contributed by atoms with Gasteiger partial charge in [-0.05, 0) is 30.5 Å². The van der Waals surface area contributed by atoms with E-state index in [4.69, 9.17) is 9.47 Å². The Morgan fingerprint density at radius 2 is 2.11 bits per heavy atom. The molecule has 0 saturated heterocycles. The predicted octanol–water partition coefficient (Wildman–Crippen LogP) is 1.80. The Morgan fingerprint density at radius 3 is 2.68 bits per heavy atom. The highest BCUT2D eigenvalue weighted by molar-refractivity contribution is 5.37. The van der Waals surface area contributed by atoms with Crippen LogP contribution in [0.5, 0.6) is 5.75 Å². The predicted molar refractivity (Wildman–Crippen MR) is 74.2 cm³/mol. The fourth-order valence-corrected chi connectivity index (χ4v) is 2.31. The molecular weight excluding hydrogens is 242 g/mol. The molecule has 4 nitrogen and oxygen atoms in total. The second kappa shape index (κ2) is 6.89. The van der Waals surface area contributed by atoms with Crippen LogP contribution in [-0.2, 0) is 17.9 Å². The minimum atomic E-state index is 0.0680. The van der Waals surface area contributed by atoms with Gasteiger partial charge in [0.05, 0.1) is 20.3 Å². The van der Waals surface area contributed by atoms with Crippen molar-refractivity contribution in [1.29, 1.82) is 0 Å². The summed E-state index contributed by atoms with van der Waals surface area (Å²) in [6.07, 6.45) is 2.54. The number of aliphatic hydroxyl groups excluding tert-OH is 1. The fourth-order valence-electron chi connectivity index (χ4n) is 2.31. The quantitative estimate of drug-likeness (QED) is 0.778. The van der Waals surface area contributed by atoms with E-state index in [1.807, 2.05) is 18.2 Å². The minimum absolute atomic E-state index is 0.0680. The van der Waals surface area contributed by atoms with E-state index in [1.165, 1.54) is 12.8 Å². The highest BCUT2D eigenvalue weighted by Crippen LogP contribution is 2.30. The number of aliphatic hydroxyl groups is 1. The van der Waals surface area contributed by atoms with Crippen molar-refractivity contribution in [2.45, 2.75) is 32.0 Å². The third kappa shape index (κ3) is 3.93. The van der Waals surface area contributed by atoms with Crippen LogP contribution in [0, 0.1) is 0 Å². The molecule has 0 bridgehead atoms. The van der Waals surface area contributed by atoms with Crippen molar-refractivity contribution in [3.05, 3.63) is 29.3 Å². The van der Waals surface area contributed by atoms with Crippen molar-refractivity contribution in [2.24, 2.45) is 0 Å². The van der Waals surface area contributed by atoms with Gasteiger partial charge in [-0.2, -0.15) is 0 Å². The van der Waals surface area contributed by atoms with Crippen molar-refractivity contribution < 1.29 is 14.6 Å². The lowest BCUT2D eigenvalue weighted by Crippen LogP contribution is -2.29. The van der Waals surface area contributed by atoms with Crippen LogP contribution in [0.15, 0.2) is 18.2 Å². The molecule has 0 heterocycles. The summed E-state index contributed by atoms with van der Waals surface area (Å²) in [6, 6.07) is 6.54. The molecule has 0 aromatic heterocycles. The molecule has 1 saturated carbocycles. The molecule has 0 amide bonds. The van der Waals surface area contributed by atoms with E-state index in [1.54, 1.807) is 14.2 Å². The van der Waals surface area contributed by atoms with E-state index in [0.29, 0.717) is 6.04 Å². The Balaban J connectivity index is 2.09. The van der Waals surface area contributed by atoms with Crippen LogP contribution in [0.25, 0.3) is 0 Å². The number of rotatable bonds is 8. The summed E-state index contributed by atoms with van der Waals surface area (Å²) in [5.41, 5.74) is 2.07. The normalized spacial score (nSPS) is 14.9. The third-order valence-electron chi connectivity index (χ3n) is 3.55. The van der Waals surface area contributed by atoms with Crippen LogP contribution in [-0.4, -0.2) is 43.4 Å². The van der Waals surface area contributed by atoms with Gasteiger partial charge in [0.15, 0.2) is 0 Å². The molecule has 106 valence electrons. The Kier molecular flexibility index (Phi) is 5.19. The van der Waals surface area contributed by atoms with E-state index >= 15 is 0 Å². The second-order valence-electron chi connectivity index (χ2n) is 5.00. The Bertz CT molecular complexity index is 404. The fraction of sp³-hybridized carbons (Fsp3) is 0.600. The standard InChI is InChI=1S/C15H23NO3/c1-18-8-7-16(14-4-5-14)10-13-9-12(11-17)3-6-15(13)19-2/h3,6,9,14,17H,4-5,7-8,10-11H2,1-2H3. The molecule has 0 atom stereocenters.